The topological polar surface area (TPSA) is 97.5 Å². The minimum Gasteiger partial charge on any atom is -0.477 e. The molecule has 0 heterocycles. The van der Waals surface area contributed by atoms with Crippen LogP contribution in [-0.4, -0.2) is 21.8 Å². The van der Waals surface area contributed by atoms with Gasteiger partial charge in [-0.15, -0.1) is 0 Å². The Morgan fingerprint density at radius 3 is 2.27 bits per heavy atom. The van der Waals surface area contributed by atoms with Crippen LogP contribution in [0.25, 0.3) is 0 Å². The number of Topliss-reactive ketones (excluding diaryl/α,β-unsaturated/α-hetero) is 1. The van der Waals surface area contributed by atoms with Crippen LogP contribution in [0.15, 0.2) is 18.2 Å². The van der Waals surface area contributed by atoms with Crippen LogP contribution in [0.4, 0.5) is 5.69 Å². The summed E-state index contributed by atoms with van der Waals surface area (Å²) in [5, 5.41) is 19.3. The minimum atomic E-state index is -1.43. The van der Waals surface area contributed by atoms with Gasteiger partial charge in [-0.1, -0.05) is 6.07 Å². The molecule has 78 valence electrons. The maximum atomic E-state index is 11.0. The number of benzene rings is 1. The Bertz CT molecular complexity index is 420. The maximum absolute atomic E-state index is 11.0. The standard InChI is InChI=1S/C9H7NO5/c1-5(11)6-3-2-4-7(9(12)13)8(6)10(14)15/h2-4H,1H3,(H,12,13). The summed E-state index contributed by atoms with van der Waals surface area (Å²) in [4.78, 5) is 31.5. The average Bonchev–Trinajstić information content (AvgIpc) is 2.16. The van der Waals surface area contributed by atoms with Crippen LogP contribution in [-0.2, 0) is 0 Å². The number of ketones is 1. The highest BCUT2D eigenvalue weighted by Gasteiger charge is 2.25. The minimum absolute atomic E-state index is 0.195. The number of carboxylic acid groups (broad SMARTS) is 1. The number of carboxylic acids is 1. The van der Waals surface area contributed by atoms with Crippen LogP contribution in [0.1, 0.15) is 27.6 Å². The normalized spacial score (nSPS) is 9.67. The number of aromatic carboxylic acids is 1. The Morgan fingerprint density at radius 1 is 1.33 bits per heavy atom. The van der Waals surface area contributed by atoms with E-state index >= 15 is 0 Å². The molecule has 1 aromatic carbocycles. The number of hydrogen-bond donors (Lipinski definition) is 1. The molecule has 6 nitrogen and oxygen atoms in total. The predicted molar refractivity (Wildman–Crippen MR) is 50.1 cm³/mol. The summed E-state index contributed by atoms with van der Waals surface area (Å²) in [6.07, 6.45) is 0. The molecule has 6 heteroatoms. The molecule has 1 rings (SSSR count). The number of hydrogen-bond acceptors (Lipinski definition) is 4. The summed E-state index contributed by atoms with van der Waals surface area (Å²) in [6.45, 7) is 1.15. The van der Waals surface area contributed by atoms with Crippen molar-refractivity contribution in [2.75, 3.05) is 0 Å². The zero-order valence-electron chi connectivity index (χ0n) is 7.76. The average molecular weight is 209 g/mol. The Morgan fingerprint density at radius 2 is 1.87 bits per heavy atom. The Hall–Kier alpha value is -2.24. The molecule has 0 aliphatic rings. The molecule has 0 bridgehead atoms. The van der Waals surface area contributed by atoms with Crippen LogP contribution in [0.3, 0.4) is 0 Å². The molecule has 1 N–H and O–H groups in total. The number of rotatable bonds is 3. The molecule has 0 atom stereocenters. The predicted octanol–water partition coefficient (Wildman–Crippen LogP) is 1.50. The molecule has 15 heavy (non-hydrogen) atoms. The van der Waals surface area contributed by atoms with Crippen molar-refractivity contribution < 1.29 is 19.6 Å². The molecule has 0 amide bonds. The first-order valence-corrected chi connectivity index (χ1v) is 3.96. The zero-order chi connectivity index (χ0) is 11.6. The third kappa shape index (κ3) is 1.98. The van der Waals surface area contributed by atoms with Gasteiger partial charge in [0, 0.05) is 0 Å². The highest BCUT2D eigenvalue weighted by molar-refractivity contribution is 6.03. The summed E-state index contributed by atoms with van der Waals surface area (Å²) >= 11 is 0. The molecular formula is C9H7NO5. The summed E-state index contributed by atoms with van der Waals surface area (Å²) in [7, 11) is 0. The van der Waals surface area contributed by atoms with E-state index in [0.29, 0.717) is 0 Å². The van der Waals surface area contributed by atoms with Crippen LogP contribution >= 0.6 is 0 Å². The second-order valence-corrected chi connectivity index (χ2v) is 2.82. The first kappa shape index (κ1) is 10.8. The van der Waals surface area contributed by atoms with Crippen molar-refractivity contribution in [3.8, 4) is 0 Å². The molecule has 0 aromatic heterocycles. The summed E-state index contributed by atoms with van der Waals surface area (Å²) in [5.74, 6) is -1.96. The SMILES string of the molecule is CC(=O)c1cccc(C(=O)O)c1[N+](=O)[O-]. The van der Waals surface area contributed by atoms with E-state index in [1.165, 1.54) is 12.1 Å². The van der Waals surface area contributed by atoms with E-state index in [-0.39, 0.29) is 5.56 Å². The van der Waals surface area contributed by atoms with Crippen LogP contribution in [0.2, 0.25) is 0 Å². The van der Waals surface area contributed by atoms with E-state index in [9.17, 15) is 19.7 Å². The van der Waals surface area contributed by atoms with E-state index < -0.39 is 27.9 Å². The summed E-state index contributed by atoms with van der Waals surface area (Å²) in [6, 6.07) is 3.62. The van der Waals surface area contributed by atoms with E-state index in [4.69, 9.17) is 5.11 Å². The number of para-hydroxylation sites is 1. The Labute approximate surface area is 84.3 Å². The molecule has 0 unspecified atom stereocenters. The fraction of sp³-hybridized carbons (Fsp3) is 0.111. The molecule has 0 aliphatic heterocycles. The van der Waals surface area contributed by atoms with Crippen molar-refractivity contribution in [2.45, 2.75) is 6.92 Å². The second-order valence-electron chi connectivity index (χ2n) is 2.82. The quantitative estimate of drug-likeness (QED) is 0.462. The third-order valence-corrected chi connectivity index (χ3v) is 1.83. The highest BCUT2D eigenvalue weighted by atomic mass is 16.6. The second kappa shape index (κ2) is 3.87. The van der Waals surface area contributed by atoms with Gasteiger partial charge in [0.1, 0.15) is 5.56 Å². The summed E-state index contributed by atoms with van der Waals surface area (Å²) in [5.41, 5.74) is -1.33. The monoisotopic (exact) mass is 209 g/mol. The molecular weight excluding hydrogens is 202 g/mol. The van der Waals surface area contributed by atoms with Gasteiger partial charge in [0.15, 0.2) is 5.78 Å². The largest absolute Gasteiger partial charge is 0.477 e. The van der Waals surface area contributed by atoms with Crippen LogP contribution in [0.5, 0.6) is 0 Å². The molecule has 0 saturated heterocycles. The van der Waals surface area contributed by atoms with E-state index in [1.54, 1.807) is 0 Å². The van der Waals surface area contributed by atoms with Crippen LogP contribution < -0.4 is 0 Å². The lowest BCUT2D eigenvalue weighted by molar-refractivity contribution is -0.385. The molecule has 0 saturated carbocycles. The number of nitro groups is 1. The van der Waals surface area contributed by atoms with Gasteiger partial charge in [0.05, 0.1) is 10.5 Å². The van der Waals surface area contributed by atoms with Crippen molar-refractivity contribution in [2.24, 2.45) is 0 Å². The maximum Gasteiger partial charge on any atom is 0.342 e. The molecule has 0 spiro atoms. The smallest absolute Gasteiger partial charge is 0.342 e. The third-order valence-electron chi connectivity index (χ3n) is 1.83. The van der Waals surface area contributed by atoms with Crippen molar-refractivity contribution in [1.29, 1.82) is 0 Å². The lowest BCUT2D eigenvalue weighted by Crippen LogP contribution is -2.07. The van der Waals surface area contributed by atoms with Gasteiger partial charge in [0.25, 0.3) is 5.69 Å². The summed E-state index contributed by atoms with van der Waals surface area (Å²) < 4.78 is 0. The van der Waals surface area contributed by atoms with Gasteiger partial charge in [0.2, 0.25) is 0 Å². The van der Waals surface area contributed by atoms with Gasteiger partial charge in [-0.2, -0.15) is 0 Å². The van der Waals surface area contributed by atoms with Gasteiger partial charge >= 0.3 is 5.97 Å². The van der Waals surface area contributed by atoms with Crippen LogP contribution in [0, 0.1) is 10.1 Å². The molecule has 0 radical (unpaired) electrons. The number of carbonyl (C=O) groups is 2. The number of nitro benzene ring substituents is 1. The Kier molecular flexibility index (Phi) is 2.80. The molecule has 0 aliphatic carbocycles. The Balaban J connectivity index is 3.56. The van der Waals surface area contributed by atoms with Gasteiger partial charge in [-0.3, -0.25) is 14.9 Å². The first-order valence-electron chi connectivity index (χ1n) is 3.96. The van der Waals surface area contributed by atoms with Gasteiger partial charge in [-0.05, 0) is 19.1 Å². The van der Waals surface area contributed by atoms with Gasteiger partial charge in [-0.25, -0.2) is 4.79 Å². The van der Waals surface area contributed by atoms with Crippen molar-refractivity contribution in [3.05, 3.63) is 39.4 Å². The lowest BCUT2D eigenvalue weighted by Gasteiger charge is -2.01. The number of nitrogens with zero attached hydrogens (tertiary/aromatic N) is 1. The molecule has 0 fully saturated rings. The van der Waals surface area contributed by atoms with E-state index in [1.807, 2.05) is 0 Å². The van der Waals surface area contributed by atoms with Crippen molar-refractivity contribution in [1.82, 2.24) is 0 Å². The van der Waals surface area contributed by atoms with E-state index in [2.05, 4.69) is 0 Å². The first-order chi connectivity index (χ1) is 6.95. The fourth-order valence-electron chi connectivity index (χ4n) is 1.20. The highest BCUT2D eigenvalue weighted by Crippen LogP contribution is 2.24. The number of carbonyl (C=O) groups excluding carboxylic acids is 1. The fourth-order valence-corrected chi connectivity index (χ4v) is 1.20. The van der Waals surface area contributed by atoms with Crippen molar-refractivity contribution >= 4 is 17.4 Å². The zero-order valence-corrected chi connectivity index (χ0v) is 7.76. The lowest BCUT2D eigenvalue weighted by atomic mass is 10.0. The molecule has 1 aromatic rings. The van der Waals surface area contributed by atoms with Crippen molar-refractivity contribution in [3.63, 3.8) is 0 Å². The van der Waals surface area contributed by atoms with Gasteiger partial charge < -0.3 is 5.11 Å². The van der Waals surface area contributed by atoms with E-state index in [0.717, 1.165) is 13.0 Å².